The summed E-state index contributed by atoms with van der Waals surface area (Å²) in [4.78, 5) is 4.18. The van der Waals surface area contributed by atoms with Gasteiger partial charge in [-0.1, -0.05) is 29.8 Å². The average Bonchev–Trinajstić information content (AvgIpc) is 3.15. The molecule has 1 aromatic rings. The third kappa shape index (κ3) is 5.02. The quantitative estimate of drug-likeness (QED) is 0.479. The number of aliphatic imine (C=N–C) groups is 1. The van der Waals surface area contributed by atoms with Gasteiger partial charge >= 0.3 is 0 Å². The minimum atomic E-state index is 0. The summed E-state index contributed by atoms with van der Waals surface area (Å²) in [5.41, 5.74) is 1.09. The molecule has 0 saturated heterocycles. The molecule has 0 atom stereocenters. The molecule has 2 N–H and O–H groups in total. The third-order valence-corrected chi connectivity index (χ3v) is 3.25. The number of benzene rings is 1. The van der Waals surface area contributed by atoms with Crippen molar-refractivity contribution in [2.45, 2.75) is 19.4 Å². The van der Waals surface area contributed by atoms with Gasteiger partial charge in [0, 0.05) is 25.2 Å². The van der Waals surface area contributed by atoms with Crippen LogP contribution in [-0.2, 0) is 6.54 Å². The minimum Gasteiger partial charge on any atom is -0.356 e. The summed E-state index contributed by atoms with van der Waals surface area (Å²) >= 11 is 6.09. The normalized spacial score (nSPS) is 14.9. The van der Waals surface area contributed by atoms with Crippen LogP contribution in [0.1, 0.15) is 18.4 Å². The minimum absolute atomic E-state index is 0. The van der Waals surface area contributed by atoms with Crippen LogP contribution in [0, 0.1) is 5.92 Å². The molecule has 0 unspecified atom stereocenters. The van der Waals surface area contributed by atoms with Gasteiger partial charge in [-0.2, -0.15) is 0 Å². The SMILES string of the molecule is CN=C(NCc1ccccc1Cl)NCC1CC1.I. The highest BCUT2D eigenvalue weighted by Gasteiger charge is 2.20. The van der Waals surface area contributed by atoms with E-state index in [0.29, 0.717) is 6.54 Å². The van der Waals surface area contributed by atoms with E-state index in [1.807, 2.05) is 24.3 Å². The Labute approximate surface area is 130 Å². The number of nitrogens with zero attached hydrogens (tertiary/aromatic N) is 1. The standard InChI is InChI=1S/C13H18ClN3.HI/c1-15-13(16-8-10-6-7-10)17-9-11-4-2-3-5-12(11)14;/h2-5,10H,6-9H2,1H3,(H2,15,16,17);1H. The Kier molecular flexibility index (Phi) is 6.78. The molecule has 3 nitrogen and oxygen atoms in total. The summed E-state index contributed by atoms with van der Waals surface area (Å²) in [6, 6.07) is 7.84. The smallest absolute Gasteiger partial charge is 0.191 e. The van der Waals surface area contributed by atoms with E-state index in [-0.39, 0.29) is 24.0 Å². The Morgan fingerprint density at radius 1 is 1.33 bits per heavy atom. The van der Waals surface area contributed by atoms with Crippen molar-refractivity contribution < 1.29 is 0 Å². The Bertz CT molecular complexity index is 405. The first-order valence-electron chi connectivity index (χ1n) is 5.97. The molecule has 0 aromatic heterocycles. The number of hydrogen-bond donors (Lipinski definition) is 2. The van der Waals surface area contributed by atoms with Gasteiger partial charge in [0.15, 0.2) is 5.96 Å². The van der Waals surface area contributed by atoms with Crippen LogP contribution in [0.15, 0.2) is 29.3 Å². The summed E-state index contributed by atoms with van der Waals surface area (Å²) in [6.45, 7) is 1.71. The number of hydrogen-bond acceptors (Lipinski definition) is 1. The van der Waals surface area contributed by atoms with Gasteiger partial charge in [0.05, 0.1) is 0 Å². The fourth-order valence-corrected chi connectivity index (χ4v) is 1.81. The first kappa shape index (κ1) is 15.6. The molecule has 5 heteroatoms. The van der Waals surface area contributed by atoms with Crippen LogP contribution >= 0.6 is 35.6 Å². The molecule has 2 rings (SSSR count). The fraction of sp³-hybridized carbons (Fsp3) is 0.462. The Morgan fingerprint density at radius 3 is 2.67 bits per heavy atom. The third-order valence-electron chi connectivity index (χ3n) is 2.88. The van der Waals surface area contributed by atoms with Gasteiger partial charge in [0.25, 0.3) is 0 Å². The van der Waals surface area contributed by atoms with E-state index in [0.717, 1.165) is 29.0 Å². The molecule has 1 aliphatic carbocycles. The van der Waals surface area contributed by atoms with E-state index >= 15 is 0 Å². The highest BCUT2D eigenvalue weighted by molar-refractivity contribution is 14.0. The number of nitrogens with one attached hydrogen (secondary N) is 2. The molecule has 1 fully saturated rings. The van der Waals surface area contributed by atoms with Crippen molar-refractivity contribution in [3.8, 4) is 0 Å². The van der Waals surface area contributed by atoms with Gasteiger partial charge in [-0.25, -0.2) is 0 Å². The molecule has 1 aromatic carbocycles. The highest BCUT2D eigenvalue weighted by Crippen LogP contribution is 2.27. The van der Waals surface area contributed by atoms with Gasteiger partial charge in [-0.05, 0) is 30.4 Å². The lowest BCUT2D eigenvalue weighted by Crippen LogP contribution is -2.37. The molecule has 0 bridgehead atoms. The van der Waals surface area contributed by atoms with Gasteiger partial charge in [0.1, 0.15) is 0 Å². The molecule has 0 heterocycles. The van der Waals surface area contributed by atoms with Crippen LogP contribution in [0.4, 0.5) is 0 Å². The first-order chi connectivity index (χ1) is 8.29. The molecule has 1 aliphatic rings. The summed E-state index contributed by atoms with van der Waals surface area (Å²) < 4.78 is 0. The fourth-order valence-electron chi connectivity index (χ4n) is 1.60. The van der Waals surface area contributed by atoms with Crippen molar-refractivity contribution in [2.75, 3.05) is 13.6 Å². The van der Waals surface area contributed by atoms with Crippen molar-refractivity contribution in [2.24, 2.45) is 10.9 Å². The monoisotopic (exact) mass is 379 g/mol. The summed E-state index contributed by atoms with van der Waals surface area (Å²) in [5, 5.41) is 7.37. The van der Waals surface area contributed by atoms with Crippen molar-refractivity contribution in [3.63, 3.8) is 0 Å². The second-order valence-electron chi connectivity index (χ2n) is 4.34. The predicted octanol–water partition coefficient (Wildman–Crippen LogP) is 3.03. The molecule has 0 radical (unpaired) electrons. The van der Waals surface area contributed by atoms with Gasteiger partial charge in [-0.3, -0.25) is 4.99 Å². The average molecular weight is 380 g/mol. The van der Waals surface area contributed by atoms with Crippen molar-refractivity contribution in [3.05, 3.63) is 34.9 Å². The van der Waals surface area contributed by atoms with Crippen LogP contribution in [0.3, 0.4) is 0 Å². The zero-order chi connectivity index (χ0) is 12.1. The maximum Gasteiger partial charge on any atom is 0.191 e. The molecule has 0 amide bonds. The van der Waals surface area contributed by atoms with Crippen LogP contribution in [-0.4, -0.2) is 19.6 Å². The molecule has 18 heavy (non-hydrogen) atoms. The van der Waals surface area contributed by atoms with E-state index in [4.69, 9.17) is 11.6 Å². The van der Waals surface area contributed by atoms with Crippen LogP contribution in [0.25, 0.3) is 0 Å². The molecule has 0 spiro atoms. The number of rotatable bonds is 4. The van der Waals surface area contributed by atoms with E-state index in [1.165, 1.54) is 12.8 Å². The summed E-state index contributed by atoms with van der Waals surface area (Å²) in [5.74, 6) is 1.69. The van der Waals surface area contributed by atoms with Crippen molar-refractivity contribution in [1.82, 2.24) is 10.6 Å². The molecular formula is C13H19ClIN3. The Balaban J connectivity index is 0.00000162. The van der Waals surface area contributed by atoms with Crippen LogP contribution in [0.2, 0.25) is 5.02 Å². The number of halogens is 2. The highest BCUT2D eigenvalue weighted by atomic mass is 127. The molecule has 100 valence electrons. The van der Waals surface area contributed by atoms with Crippen molar-refractivity contribution in [1.29, 1.82) is 0 Å². The zero-order valence-electron chi connectivity index (χ0n) is 10.4. The van der Waals surface area contributed by atoms with Crippen LogP contribution < -0.4 is 10.6 Å². The van der Waals surface area contributed by atoms with E-state index in [9.17, 15) is 0 Å². The largest absolute Gasteiger partial charge is 0.356 e. The number of guanidine groups is 1. The lowest BCUT2D eigenvalue weighted by Gasteiger charge is -2.12. The van der Waals surface area contributed by atoms with E-state index < -0.39 is 0 Å². The van der Waals surface area contributed by atoms with Crippen molar-refractivity contribution >= 4 is 41.5 Å². The topological polar surface area (TPSA) is 36.4 Å². The Morgan fingerprint density at radius 2 is 2.06 bits per heavy atom. The summed E-state index contributed by atoms with van der Waals surface area (Å²) in [7, 11) is 1.79. The van der Waals surface area contributed by atoms with Gasteiger partial charge < -0.3 is 10.6 Å². The van der Waals surface area contributed by atoms with Gasteiger partial charge in [-0.15, -0.1) is 24.0 Å². The van der Waals surface area contributed by atoms with E-state index in [1.54, 1.807) is 7.05 Å². The zero-order valence-corrected chi connectivity index (χ0v) is 13.5. The lowest BCUT2D eigenvalue weighted by atomic mass is 10.2. The van der Waals surface area contributed by atoms with E-state index in [2.05, 4.69) is 15.6 Å². The first-order valence-corrected chi connectivity index (χ1v) is 6.35. The maximum absolute atomic E-state index is 6.09. The van der Waals surface area contributed by atoms with Crippen LogP contribution in [0.5, 0.6) is 0 Å². The second kappa shape index (κ2) is 7.84. The summed E-state index contributed by atoms with van der Waals surface area (Å²) in [6.07, 6.45) is 2.68. The van der Waals surface area contributed by atoms with Gasteiger partial charge in [0.2, 0.25) is 0 Å². The maximum atomic E-state index is 6.09. The second-order valence-corrected chi connectivity index (χ2v) is 4.75. The molecular weight excluding hydrogens is 361 g/mol. The molecule has 1 saturated carbocycles. The predicted molar refractivity (Wildman–Crippen MR) is 87.8 cm³/mol. The molecule has 0 aliphatic heterocycles. The lowest BCUT2D eigenvalue weighted by molar-refractivity contribution is 0.737. The Hall–Kier alpha value is -0.490.